The Bertz CT molecular complexity index is 1020. The molecule has 0 spiro atoms. The fraction of sp³-hybridized carbons (Fsp3) is 0.350. The second-order valence-electron chi connectivity index (χ2n) is 7.09. The van der Waals surface area contributed by atoms with Gasteiger partial charge in [0, 0.05) is 19.6 Å². The Kier molecular flexibility index (Phi) is 6.47. The number of sulfonamides is 1. The third-order valence-corrected chi connectivity index (χ3v) is 6.46. The van der Waals surface area contributed by atoms with E-state index in [1.54, 1.807) is 6.07 Å². The third-order valence-electron chi connectivity index (χ3n) is 5.04. The SMILES string of the molecule is O=C(c1ccccc1F)N1CCC(CNS(=O)(=O)c2cccc(C(F)(F)F)c2)CC1. The van der Waals surface area contributed by atoms with Gasteiger partial charge < -0.3 is 4.90 Å². The Balaban J connectivity index is 1.57. The number of carbonyl (C=O) groups is 1. The van der Waals surface area contributed by atoms with Crippen molar-refractivity contribution in [3.63, 3.8) is 0 Å². The van der Waals surface area contributed by atoms with Gasteiger partial charge in [-0.3, -0.25) is 4.79 Å². The summed E-state index contributed by atoms with van der Waals surface area (Å²) in [5, 5.41) is 0. The van der Waals surface area contributed by atoms with Gasteiger partial charge in [0.2, 0.25) is 10.0 Å². The first kappa shape index (κ1) is 22.2. The lowest BCUT2D eigenvalue weighted by molar-refractivity contribution is -0.137. The molecule has 10 heteroatoms. The van der Waals surface area contributed by atoms with Crippen molar-refractivity contribution in [2.45, 2.75) is 23.9 Å². The second-order valence-corrected chi connectivity index (χ2v) is 8.86. The summed E-state index contributed by atoms with van der Waals surface area (Å²) in [7, 11) is -4.10. The zero-order valence-electron chi connectivity index (χ0n) is 15.8. The van der Waals surface area contributed by atoms with Gasteiger partial charge in [0.25, 0.3) is 5.91 Å². The molecule has 1 aliphatic rings. The van der Waals surface area contributed by atoms with E-state index >= 15 is 0 Å². The van der Waals surface area contributed by atoms with Crippen molar-refractivity contribution >= 4 is 15.9 Å². The topological polar surface area (TPSA) is 66.5 Å². The van der Waals surface area contributed by atoms with E-state index in [4.69, 9.17) is 0 Å². The van der Waals surface area contributed by atoms with Crippen LogP contribution in [-0.2, 0) is 16.2 Å². The molecular weight excluding hydrogens is 424 g/mol. The molecule has 5 nitrogen and oxygen atoms in total. The van der Waals surface area contributed by atoms with Crippen molar-refractivity contribution < 1.29 is 30.8 Å². The Morgan fingerprint density at radius 2 is 1.73 bits per heavy atom. The van der Waals surface area contributed by atoms with Crippen molar-refractivity contribution in [3.8, 4) is 0 Å². The fourth-order valence-electron chi connectivity index (χ4n) is 3.30. The van der Waals surface area contributed by atoms with Crippen LogP contribution in [0.3, 0.4) is 0 Å². The first-order chi connectivity index (χ1) is 14.1. The van der Waals surface area contributed by atoms with E-state index in [1.165, 1.54) is 23.1 Å². The summed E-state index contributed by atoms with van der Waals surface area (Å²) >= 11 is 0. The first-order valence-electron chi connectivity index (χ1n) is 9.28. The molecule has 0 saturated carbocycles. The van der Waals surface area contributed by atoms with Crippen LogP contribution in [0.1, 0.15) is 28.8 Å². The number of alkyl halides is 3. The number of rotatable bonds is 5. The van der Waals surface area contributed by atoms with E-state index in [0.717, 1.165) is 18.2 Å². The van der Waals surface area contributed by atoms with Gasteiger partial charge in [-0.1, -0.05) is 18.2 Å². The minimum absolute atomic E-state index is 0.0128. The number of hydrogen-bond donors (Lipinski definition) is 1. The molecule has 0 bridgehead atoms. The lowest BCUT2D eigenvalue weighted by Gasteiger charge is -2.32. The maximum absolute atomic E-state index is 13.8. The number of nitrogens with zero attached hydrogens (tertiary/aromatic N) is 1. The van der Waals surface area contributed by atoms with Gasteiger partial charge in [-0.25, -0.2) is 17.5 Å². The highest BCUT2D eigenvalue weighted by molar-refractivity contribution is 7.89. The number of hydrogen-bond acceptors (Lipinski definition) is 3. The van der Waals surface area contributed by atoms with E-state index in [-0.39, 0.29) is 18.0 Å². The second kappa shape index (κ2) is 8.73. The molecule has 30 heavy (non-hydrogen) atoms. The molecule has 0 radical (unpaired) electrons. The van der Waals surface area contributed by atoms with Crippen LogP contribution in [0.5, 0.6) is 0 Å². The van der Waals surface area contributed by atoms with Gasteiger partial charge in [0.05, 0.1) is 16.0 Å². The third kappa shape index (κ3) is 5.17. The summed E-state index contributed by atoms with van der Waals surface area (Å²) in [5.74, 6) is -1.11. The summed E-state index contributed by atoms with van der Waals surface area (Å²) < 4.78 is 79.3. The highest BCUT2D eigenvalue weighted by atomic mass is 32.2. The number of carbonyl (C=O) groups excluding carboxylic acids is 1. The maximum Gasteiger partial charge on any atom is 0.416 e. The van der Waals surface area contributed by atoms with Crippen LogP contribution in [0.15, 0.2) is 53.4 Å². The molecule has 1 heterocycles. The molecule has 0 aromatic heterocycles. The molecular formula is C20H20F4N2O3S. The van der Waals surface area contributed by atoms with Crippen molar-refractivity contribution in [1.82, 2.24) is 9.62 Å². The molecule has 1 fully saturated rings. The lowest BCUT2D eigenvalue weighted by atomic mass is 9.96. The zero-order chi connectivity index (χ0) is 21.9. The summed E-state index contributed by atoms with van der Waals surface area (Å²) in [6, 6.07) is 9.24. The number of piperidine rings is 1. The Labute approximate surface area is 171 Å². The van der Waals surface area contributed by atoms with Crippen molar-refractivity contribution in [3.05, 3.63) is 65.5 Å². The number of likely N-dealkylation sites (tertiary alicyclic amines) is 1. The molecule has 162 valence electrons. The monoisotopic (exact) mass is 444 g/mol. The van der Waals surface area contributed by atoms with Gasteiger partial charge in [0.1, 0.15) is 5.82 Å². The van der Waals surface area contributed by atoms with Crippen LogP contribution >= 0.6 is 0 Å². The summed E-state index contributed by atoms with van der Waals surface area (Å²) in [5.41, 5.74) is -1.05. The van der Waals surface area contributed by atoms with E-state index < -0.39 is 38.4 Å². The Morgan fingerprint density at radius 1 is 1.07 bits per heavy atom. The average molecular weight is 444 g/mol. The summed E-state index contributed by atoms with van der Waals surface area (Å²) in [6.07, 6.45) is -3.65. The Hall–Kier alpha value is -2.46. The minimum Gasteiger partial charge on any atom is -0.339 e. The first-order valence-corrected chi connectivity index (χ1v) is 10.8. The van der Waals surface area contributed by atoms with Crippen molar-refractivity contribution in [1.29, 1.82) is 0 Å². The molecule has 1 amide bonds. The van der Waals surface area contributed by atoms with Crippen molar-refractivity contribution in [2.24, 2.45) is 5.92 Å². The van der Waals surface area contributed by atoms with Crippen LogP contribution in [-0.4, -0.2) is 38.9 Å². The van der Waals surface area contributed by atoms with Gasteiger partial charge in [-0.05, 0) is 49.1 Å². The molecule has 1 N–H and O–H groups in total. The standard InChI is InChI=1S/C20H20F4N2O3S/c21-18-7-2-1-6-17(18)19(27)26-10-8-14(9-11-26)13-25-30(28,29)16-5-3-4-15(12-16)20(22,23)24/h1-7,12,14,25H,8-11,13H2. The number of benzene rings is 2. The van der Waals surface area contributed by atoms with Gasteiger partial charge in [-0.2, -0.15) is 13.2 Å². The average Bonchev–Trinajstić information content (AvgIpc) is 2.72. The van der Waals surface area contributed by atoms with Crippen LogP contribution < -0.4 is 4.72 Å². The molecule has 0 atom stereocenters. The van der Waals surface area contributed by atoms with Gasteiger partial charge in [-0.15, -0.1) is 0 Å². The number of nitrogens with one attached hydrogen (secondary N) is 1. The molecule has 0 unspecified atom stereocenters. The molecule has 0 aliphatic carbocycles. The van der Waals surface area contributed by atoms with E-state index in [2.05, 4.69) is 4.72 Å². The Morgan fingerprint density at radius 3 is 2.37 bits per heavy atom. The maximum atomic E-state index is 13.8. The zero-order valence-corrected chi connectivity index (χ0v) is 16.6. The van der Waals surface area contributed by atoms with Crippen LogP contribution in [0.25, 0.3) is 0 Å². The molecule has 1 saturated heterocycles. The van der Waals surface area contributed by atoms with Crippen molar-refractivity contribution in [2.75, 3.05) is 19.6 Å². The smallest absolute Gasteiger partial charge is 0.339 e. The quantitative estimate of drug-likeness (QED) is 0.716. The fourth-order valence-corrected chi connectivity index (χ4v) is 4.46. The van der Waals surface area contributed by atoms with E-state index in [9.17, 15) is 30.8 Å². The molecule has 2 aromatic rings. The van der Waals surface area contributed by atoms with Crippen LogP contribution in [0.4, 0.5) is 17.6 Å². The van der Waals surface area contributed by atoms with E-state index in [1.807, 2.05) is 0 Å². The van der Waals surface area contributed by atoms with Crippen LogP contribution in [0.2, 0.25) is 0 Å². The highest BCUT2D eigenvalue weighted by Crippen LogP contribution is 2.30. The number of amides is 1. The lowest BCUT2D eigenvalue weighted by Crippen LogP contribution is -2.41. The molecule has 1 aliphatic heterocycles. The largest absolute Gasteiger partial charge is 0.416 e. The molecule has 2 aromatic carbocycles. The van der Waals surface area contributed by atoms with E-state index in [0.29, 0.717) is 32.0 Å². The van der Waals surface area contributed by atoms with Gasteiger partial charge in [0.15, 0.2) is 0 Å². The van der Waals surface area contributed by atoms with Gasteiger partial charge >= 0.3 is 6.18 Å². The predicted molar refractivity (Wildman–Crippen MR) is 102 cm³/mol. The normalized spacial score (nSPS) is 15.9. The summed E-state index contributed by atoms with van der Waals surface area (Å²) in [4.78, 5) is 13.5. The van der Waals surface area contributed by atoms with Crippen LogP contribution in [0, 0.1) is 11.7 Å². The predicted octanol–water partition coefficient (Wildman–Crippen LogP) is 3.68. The minimum atomic E-state index is -4.64. The molecule has 3 rings (SSSR count). The number of halogens is 4. The highest BCUT2D eigenvalue weighted by Gasteiger charge is 2.32. The summed E-state index contributed by atoms with van der Waals surface area (Å²) in [6.45, 7) is 0.715.